The molecule has 3 heteroatoms. The number of ether oxygens (including phenoxy) is 1. The Bertz CT molecular complexity index is 396. The van der Waals surface area contributed by atoms with E-state index in [-0.39, 0.29) is 0 Å². The van der Waals surface area contributed by atoms with E-state index in [1.807, 2.05) is 0 Å². The predicted octanol–water partition coefficient (Wildman–Crippen LogP) is 4.25. The zero-order chi connectivity index (χ0) is 14.7. The molecule has 1 N–H and O–H groups in total. The standard InChI is InChI=1S/C17H30N2O/c1-11(2)17-16-8-6-7-14(20-12(3)4)9-10-15(16)13(5)18-19-17/h11-12,14-15,19H,6-10H2,1-5H3/t14-,15?/m1/s1. The van der Waals surface area contributed by atoms with Gasteiger partial charge in [0.1, 0.15) is 0 Å². The van der Waals surface area contributed by atoms with Crippen LogP contribution in [-0.2, 0) is 4.74 Å². The maximum atomic E-state index is 6.04. The molecule has 3 nitrogen and oxygen atoms in total. The lowest BCUT2D eigenvalue weighted by molar-refractivity contribution is -0.00573. The molecule has 0 aromatic rings. The second kappa shape index (κ2) is 6.75. The van der Waals surface area contributed by atoms with E-state index in [2.05, 4.69) is 45.1 Å². The Labute approximate surface area is 123 Å². The first-order chi connectivity index (χ1) is 9.49. The smallest absolute Gasteiger partial charge is 0.0579 e. The quantitative estimate of drug-likeness (QED) is 0.837. The van der Waals surface area contributed by atoms with Crippen molar-refractivity contribution in [3.63, 3.8) is 0 Å². The normalized spacial score (nSPS) is 27.9. The molecule has 1 unspecified atom stereocenters. The van der Waals surface area contributed by atoms with Gasteiger partial charge in [-0.3, -0.25) is 5.43 Å². The van der Waals surface area contributed by atoms with Crippen LogP contribution in [0.2, 0.25) is 0 Å². The topological polar surface area (TPSA) is 33.6 Å². The maximum Gasteiger partial charge on any atom is 0.0579 e. The molecule has 0 aromatic heterocycles. The summed E-state index contributed by atoms with van der Waals surface area (Å²) in [6.07, 6.45) is 6.72. The lowest BCUT2D eigenvalue weighted by atomic mass is 9.80. The molecule has 2 aliphatic rings. The minimum Gasteiger partial charge on any atom is -0.376 e. The van der Waals surface area contributed by atoms with Gasteiger partial charge < -0.3 is 4.74 Å². The molecule has 0 aromatic carbocycles. The van der Waals surface area contributed by atoms with Crippen molar-refractivity contribution >= 4 is 5.71 Å². The van der Waals surface area contributed by atoms with Gasteiger partial charge in [0.05, 0.1) is 12.2 Å². The summed E-state index contributed by atoms with van der Waals surface area (Å²) in [6, 6.07) is 0. The van der Waals surface area contributed by atoms with Crippen molar-refractivity contribution in [3.8, 4) is 0 Å². The Morgan fingerprint density at radius 1 is 1.15 bits per heavy atom. The van der Waals surface area contributed by atoms with Gasteiger partial charge in [-0.1, -0.05) is 13.8 Å². The summed E-state index contributed by atoms with van der Waals surface area (Å²) in [5, 5.41) is 4.54. The third-order valence-corrected chi connectivity index (χ3v) is 4.42. The van der Waals surface area contributed by atoms with Gasteiger partial charge in [0.15, 0.2) is 0 Å². The minimum absolute atomic E-state index is 0.337. The van der Waals surface area contributed by atoms with Crippen molar-refractivity contribution in [1.82, 2.24) is 5.43 Å². The highest BCUT2D eigenvalue weighted by molar-refractivity contribution is 5.87. The Morgan fingerprint density at radius 3 is 2.55 bits per heavy atom. The van der Waals surface area contributed by atoms with Crippen molar-refractivity contribution in [1.29, 1.82) is 0 Å². The lowest BCUT2D eigenvalue weighted by Crippen LogP contribution is -2.32. The number of nitrogens with zero attached hydrogens (tertiary/aromatic N) is 1. The molecule has 1 fully saturated rings. The van der Waals surface area contributed by atoms with Crippen molar-refractivity contribution in [2.75, 3.05) is 0 Å². The van der Waals surface area contributed by atoms with Crippen LogP contribution in [0.5, 0.6) is 0 Å². The van der Waals surface area contributed by atoms with Crippen LogP contribution >= 0.6 is 0 Å². The lowest BCUT2D eigenvalue weighted by Gasteiger charge is -2.33. The Morgan fingerprint density at radius 2 is 1.90 bits per heavy atom. The Hall–Kier alpha value is -0.830. The summed E-state index contributed by atoms with van der Waals surface area (Å²) in [5.74, 6) is 1.07. The molecule has 1 aliphatic heterocycles. The van der Waals surface area contributed by atoms with E-state index in [0.29, 0.717) is 24.0 Å². The summed E-state index contributed by atoms with van der Waals surface area (Å²) in [5.41, 5.74) is 7.51. The van der Waals surface area contributed by atoms with Gasteiger partial charge in [0.25, 0.3) is 0 Å². The molecule has 0 spiro atoms. The largest absolute Gasteiger partial charge is 0.376 e. The summed E-state index contributed by atoms with van der Waals surface area (Å²) in [6.45, 7) is 10.9. The first-order valence-corrected chi connectivity index (χ1v) is 8.17. The third kappa shape index (κ3) is 3.63. The number of hydrogen-bond donors (Lipinski definition) is 1. The molecule has 0 saturated heterocycles. The summed E-state index contributed by atoms with van der Waals surface area (Å²) in [7, 11) is 0. The highest BCUT2D eigenvalue weighted by atomic mass is 16.5. The van der Waals surface area contributed by atoms with Gasteiger partial charge >= 0.3 is 0 Å². The molecule has 0 amide bonds. The van der Waals surface area contributed by atoms with Gasteiger partial charge in [0.2, 0.25) is 0 Å². The summed E-state index contributed by atoms with van der Waals surface area (Å²) < 4.78 is 6.04. The van der Waals surface area contributed by atoms with E-state index in [9.17, 15) is 0 Å². The van der Waals surface area contributed by atoms with E-state index in [0.717, 1.165) is 6.42 Å². The number of fused-ring (bicyclic) bond motifs is 1. The third-order valence-electron chi connectivity index (χ3n) is 4.42. The minimum atomic E-state index is 0.337. The van der Waals surface area contributed by atoms with Crippen molar-refractivity contribution in [3.05, 3.63) is 11.3 Å². The van der Waals surface area contributed by atoms with Crippen LogP contribution in [0.1, 0.15) is 66.7 Å². The van der Waals surface area contributed by atoms with E-state index in [1.165, 1.54) is 37.1 Å². The first-order valence-electron chi connectivity index (χ1n) is 8.17. The van der Waals surface area contributed by atoms with Crippen LogP contribution in [0.25, 0.3) is 0 Å². The summed E-state index contributed by atoms with van der Waals surface area (Å²) in [4.78, 5) is 0. The van der Waals surface area contributed by atoms with Crippen LogP contribution in [0.3, 0.4) is 0 Å². The van der Waals surface area contributed by atoms with Crippen LogP contribution in [-0.4, -0.2) is 17.9 Å². The fraction of sp³-hybridized carbons (Fsp3) is 0.824. The molecule has 0 radical (unpaired) electrons. The fourth-order valence-electron chi connectivity index (χ4n) is 3.47. The van der Waals surface area contributed by atoms with Gasteiger partial charge in [-0.2, -0.15) is 5.10 Å². The first kappa shape index (κ1) is 15.6. The zero-order valence-electron chi connectivity index (χ0n) is 13.7. The number of hydrogen-bond acceptors (Lipinski definition) is 3. The van der Waals surface area contributed by atoms with Gasteiger partial charge in [-0.25, -0.2) is 0 Å². The molecule has 1 heterocycles. The molecular weight excluding hydrogens is 248 g/mol. The van der Waals surface area contributed by atoms with Crippen LogP contribution in [0, 0.1) is 11.8 Å². The van der Waals surface area contributed by atoms with Crippen LogP contribution in [0.15, 0.2) is 16.4 Å². The second-order valence-electron chi connectivity index (χ2n) is 6.79. The molecule has 2 rings (SSSR count). The van der Waals surface area contributed by atoms with Crippen LogP contribution in [0.4, 0.5) is 0 Å². The molecule has 20 heavy (non-hydrogen) atoms. The molecule has 114 valence electrons. The number of nitrogens with one attached hydrogen (secondary N) is 1. The van der Waals surface area contributed by atoms with Gasteiger partial charge in [-0.05, 0) is 64.4 Å². The zero-order valence-corrected chi connectivity index (χ0v) is 13.7. The van der Waals surface area contributed by atoms with E-state index in [4.69, 9.17) is 4.74 Å². The van der Waals surface area contributed by atoms with Crippen molar-refractivity contribution < 1.29 is 4.74 Å². The highest BCUT2D eigenvalue weighted by Gasteiger charge is 2.29. The number of hydrazone groups is 1. The van der Waals surface area contributed by atoms with E-state index < -0.39 is 0 Å². The SMILES string of the molecule is CC1=NNC(C(C)C)=C2CCC[C@@H](OC(C)C)CCC12. The van der Waals surface area contributed by atoms with Crippen molar-refractivity contribution in [2.45, 2.75) is 78.9 Å². The molecule has 0 bridgehead atoms. The number of allylic oxidation sites excluding steroid dienone is 2. The van der Waals surface area contributed by atoms with Gasteiger partial charge in [-0.15, -0.1) is 0 Å². The van der Waals surface area contributed by atoms with Crippen LogP contribution < -0.4 is 5.43 Å². The van der Waals surface area contributed by atoms with Crippen molar-refractivity contribution in [2.24, 2.45) is 16.9 Å². The molecule has 2 atom stereocenters. The summed E-state index contributed by atoms with van der Waals surface area (Å²) >= 11 is 0. The molecular formula is C17H30N2O. The van der Waals surface area contributed by atoms with E-state index in [1.54, 1.807) is 5.57 Å². The predicted molar refractivity (Wildman–Crippen MR) is 84.7 cm³/mol. The average Bonchev–Trinajstić information content (AvgIpc) is 2.33. The molecule has 1 aliphatic carbocycles. The number of rotatable bonds is 3. The average molecular weight is 278 g/mol. The van der Waals surface area contributed by atoms with E-state index >= 15 is 0 Å². The second-order valence-corrected chi connectivity index (χ2v) is 6.79. The maximum absolute atomic E-state index is 6.04. The Kier molecular flexibility index (Phi) is 5.25. The molecule has 1 saturated carbocycles. The highest BCUT2D eigenvalue weighted by Crippen LogP contribution is 2.35. The Balaban J connectivity index is 2.13. The van der Waals surface area contributed by atoms with Gasteiger partial charge in [0, 0.05) is 17.3 Å². The fourth-order valence-corrected chi connectivity index (χ4v) is 3.47. The monoisotopic (exact) mass is 278 g/mol.